The molecule has 0 saturated heterocycles. The highest BCUT2D eigenvalue weighted by Crippen LogP contribution is 2.30. The summed E-state index contributed by atoms with van der Waals surface area (Å²) in [6.45, 7) is 0. The van der Waals surface area contributed by atoms with Crippen molar-refractivity contribution in [2.45, 2.75) is 0 Å². The number of hydrogen-bond acceptors (Lipinski definition) is 5. The zero-order chi connectivity index (χ0) is 13.0. The Morgan fingerprint density at radius 2 is 2.00 bits per heavy atom. The number of benzene rings is 1. The number of methoxy groups -OCH3 is 1. The van der Waals surface area contributed by atoms with Crippen LogP contribution in [0.15, 0.2) is 36.5 Å². The van der Waals surface area contributed by atoms with Crippen LogP contribution in [-0.4, -0.2) is 12.1 Å². The van der Waals surface area contributed by atoms with Crippen molar-refractivity contribution >= 4 is 5.69 Å². The number of pyridine rings is 1. The predicted octanol–water partition coefficient (Wildman–Crippen LogP) is 2.34. The molecule has 5 nitrogen and oxygen atoms in total. The van der Waals surface area contributed by atoms with Gasteiger partial charge in [-0.15, -0.1) is 0 Å². The van der Waals surface area contributed by atoms with Gasteiger partial charge in [0, 0.05) is 6.07 Å². The Morgan fingerprint density at radius 1 is 1.22 bits per heavy atom. The van der Waals surface area contributed by atoms with Crippen molar-refractivity contribution in [3.8, 4) is 23.3 Å². The third-order valence-electron chi connectivity index (χ3n) is 2.30. The van der Waals surface area contributed by atoms with Gasteiger partial charge < -0.3 is 15.2 Å². The number of hydrogen-bond donors (Lipinski definition) is 1. The molecule has 18 heavy (non-hydrogen) atoms. The first-order valence-electron chi connectivity index (χ1n) is 5.20. The quantitative estimate of drug-likeness (QED) is 0.834. The molecule has 1 aromatic carbocycles. The molecule has 0 amide bonds. The number of nitrogens with two attached hydrogens (primary N) is 1. The molecule has 2 aromatic rings. The van der Waals surface area contributed by atoms with E-state index in [1.807, 2.05) is 6.07 Å². The number of nitrogen functional groups attached to an aromatic ring is 1. The monoisotopic (exact) mass is 241 g/mol. The molecule has 2 N–H and O–H groups in total. The third-order valence-corrected chi connectivity index (χ3v) is 2.30. The van der Waals surface area contributed by atoms with Crippen LogP contribution >= 0.6 is 0 Å². The first kappa shape index (κ1) is 11.7. The Bertz CT molecular complexity index is 588. The largest absolute Gasteiger partial charge is 0.497 e. The molecule has 5 heteroatoms. The summed E-state index contributed by atoms with van der Waals surface area (Å²) in [5.41, 5.74) is 6.63. The van der Waals surface area contributed by atoms with Gasteiger partial charge in [0.2, 0.25) is 0 Å². The fourth-order valence-electron chi connectivity index (χ4n) is 1.38. The molecule has 0 bridgehead atoms. The molecular formula is C13H11N3O2. The van der Waals surface area contributed by atoms with Crippen molar-refractivity contribution in [1.82, 2.24) is 4.98 Å². The first-order valence-corrected chi connectivity index (χ1v) is 5.20. The third kappa shape index (κ3) is 2.50. The lowest BCUT2D eigenvalue weighted by Gasteiger charge is -2.09. The molecule has 1 heterocycles. The van der Waals surface area contributed by atoms with E-state index in [9.17, 15) is 0 Å². The topological polar surface area (TPSA) is 81.2 Å². The molecule has 0 unspecified atom stereocenters. The van der Waals surface area contributed by atoms with Crippen LogP contribution in [0.3, 0.4) is 0 Å². The second-order valence-electron chi connectivity index (χ2n) is 3.50. The number of ether oxygens (including phenoxy) is 2. The van der Waals surface area contributed by atoms with E-state index in [4.69, 9.17) is 20.5 Å². The van der Waals surface area contributed by atoms with E-state index in [0.717, 1.165) is 0 Å². The highest BCUT2D eigenvalue weighted by Gasteiger charge is 2.04. The maximum Gasteiger partial charge on any atom is 0.150 e. The van der Waals surface area contributed by atoms with Crippen LogP contribution in [0.25, 0.3) is 0 Å². The van der Waals surface area contributed by atoms with Gasteiger partial charge in [-0.3, -0.25) is 0 Å². The van der Waals surface area contributed by atoms with Crippen molar-refractivity contribution in [2.75, 3.05) is 12.8 Å². The summed E-state index contributed by atoms with van der Waals surface area (Å²) in [7, 11) is 1.57. The average molecular weight is 241 g/mol. The van der Waals surface area contributed by atoms with Crippen LogP contribution in [0, 0.1) is 11.3 Å². The lowest BCUT2D eigenvalue weighted by Crippen LogP contribution is -1.94. The highest BCUT2D eigenvalue weighted by atomic mass is 16.5. The van der Waals surface area contributed by atoms with Crippen LogP contribution in [0.1, 0.15) is 5.69 Å². The number of rotatable bonds is 3. The molecule has 1 aromatic heterocycles. The van der Waals surface area contributed by atoms with Gasteiger partial charge in [0.15, 0.2) is 5.75 Å². The summed E-state index contributed by atoms with van der Waals surface area (Å²) in [5.74, 6) is 1.70. The van der Waals surface area contributed by atoms with Crippen LogP contribution in [0.2, 0.25) is 0 Å². The summed E-state index contributed by atoms with van der Waals surface area (Å²) in [5, 5.41) is 8.63. The zero-order valence-electron chi connectivity index (χ0n) is 9.75. The summed E-state index contributed by atoms with van der Waals surface area (Å²) >= 11 is 0. The Kier molecular flexibility index (Phi) is 3.30. The van der Waals surface area contributed by atoms with Gasteiger partial charge in [-0.2, -0.15) is 5.26 Å². The average Bonchev–Trinajstić information content (AvgIpc) is 2.42. The Morgan fingerprint density at radius 3 is 2.56 bits per heavy atom. The van der Waals surface area contributed by atoms with Crippen molar-refractivity contribution < 1.29 is 9.47 Å². The van der Waals surface area contributed by atoms with Crippen LogP contribution in [0.5, 0.6) is 17.2 Å². The van der Waals surface area contributed by atoms with E-state index in [1.54, 1.807) is 37.4 Å². The highest BCUT2D eigenvalue weighted by molar-refractivity contribution is 5.57. The van der Waals surface area contributed by atoms with Crippen molar-refractivity contribution in [3.05, 3.63) is 42.2 Å². The lowest BCUT2D eigenvalue weighted by molar-refractivity contribution is 0.413. The van der Waals surface area contributed by atoms with E-state index < -0.39 is 0 Å². The maximum absolute atomic E-state index is 8.63. The van der Waals surface area contributed by atoms with Crippen LogP contribution in [-0.2, 0) is 0 Å². The second kappa shape index (κ2) is 5.06. The lowest BCUT2D eigenvalue weighted by atomic mass is 10.3. The second-order valence-corrected chi connectivity index (χ2v) is 3.50. The molecule has 0 spiro atoms. The fourth-order valence-corrected chi connectivity index (χ4v) is 1.38. The molecule has 2 rings (SSSR count). The summed E-state index contributed by atoms with van der Waals surface area (Å²) in [4.78, 5) is 3.91. The molecule has 0 saturated carbocycles. The van der Waals surface area contributed by atoms with Gasteiger partial charge >= 0.3 is 0 Å². The number of nitrogens with zero attached hydrogens (tertiary/aromatic N) is 2. The molecule has 90 valence electrons. The van der Waals surface area contributed by atoms with E-state index in [-0.39, 0.29) is 0 Å². The number of anilines is 1. The van der Waals surface area contributed by atoms with Gasteiger partial charge in [0.1, 0.15) is 23.3 Å². The van der Waals surface area contributed by atoms with Crippen molar-refractivity contribution in [1.29, 1.82) is 5.26 Å². The van der Waals surface area contributed by atoms with Crippen molar-refractivity contribution in [2.24, 2.45) is 0 Å². The normalized spacial score (nSPS) is 9.56. The predicted molar refractivity (Wildman–Crippen MR) is 66.4 cm³/mol. The van der Waals surface area contributed by atoms with Gasteiger partial charge in [-0.25, -0.2) is 4.98 Å². The fraction of sp³-hybridized carbons (Fsp3) is 0.0769. The minimum atomic E-state index is 0.338. The summed E-state index contributed by atoms with van der Waals surface area (Å²) < 4.78 is 10.6. The standard InChI is InChI=1S/C13H11N3O2/c1-17-10-4-5-13(12(15)6-10)18-11-3-2-9(7-14)16-8-11/h2-6,8H,15H2,1H3. The van der Waals surface area contributed by atoms with Crippen LogP contribution < -0.4 is 15.2 Å². The SMILES string of the molecule is COc1ccc(Oc2ccc(C#N)nc2)c(N)c1. The first-order chi connectivity index (χ1) is 8.72. The maximum atomic E-state index is 8.63. The summed E-state index contributed by atoms with van der Waals surface area (Å²) in [6, 6.07) is 10.3. The van der Waals surface area contributed by atoms with Gasteiger partial charge in [0.25, 0.3) is 0 Å². The smallest absolute Gasteiger partial charge is 0.150 e. The Hall–Kier alpha value is -2.74. The van der Waals surface area contributed by atoms with E-state index >= 15 is 0 Å². The molecule has 0 aliphatic heterocycles. The van der Waals surface area contributed by atoms with Crippen LogP contribution in [0.4, 0.5) is 5.69 Å². The van der Waals surface area contributed by atoms with E-state index in [0.29, 0.717) is 28.6 Å². The minimum Gasteiger partial charge on any atom is -0.497 e. The number of aromatic nitrogens is 1. The molecule has 0 aliphatic rings. The summed E-state index contributed by atoms with van der Waals surface area (Å²) in [6.07, 6.45) is 1.47. The van der Waals surface area contributed by atoms with Crippen molar-refractivity contribution in [3.63, 3.8) is 0 Å². The van der Waals surface area contributed by atoms with Gasteiger partial charge in [0.05, 0.1) is 19.0 Å². The Balaban J connectivity index is 2.20. The van der Waals surface area contributed by atoms with Gasteiger partial charge in [-0.05, 0) is 24.3 Å². The zero-order valence-corrected chi connectivity index (χ0v) is 9.75. The minimum absolute atomic E-state index is 0.338. The van der Waals surface area contributed by atoms with Gasteiger partial charge in [-0.1, -0.05) is 0 Å². The number of nitriles is 1. The Labute approximate surface area is 104 Å². The molecular weight excluding hydrogens is 230 g/mol. The molecule has 0 atom stereocenters. The molecule has 0 aliphatic carbocycles. The molecule has 0 fully saturated rings. The molecule has 0 radical (unpaired) electrons. The van der Waals surface area contributed by atoms with E-state index in [1.165, 1.54) is 6.20 Å². The van der Waals surface area contributed by atoms with E-state index in [2.05, 4.69) is 4.98 Å².